The van der Waals surface area contributed by atoms with Gasteiger partial charge in [-0.3, -0.25) is 0 Å². The summed E-state index contributed by atoms with van der Waals surface area (Å²) in [4.78, 5) is 0. The molecule has 0 atom stereocenters. The van der Waals surface area contributed by atoms with E-state index in [9.17, 15) is 0 Å². The van der Waals surface area contributed by atoms with Crippen LogP contribution in [0.5, 0.6) is 0 Å². The monoisotopic (exact) mass is 179 g/mol. The molecule has 0 aromatic heterocycles. The molecule has 0 saturated heterocycles. The Bertz CT molecular complexity index is 357. The molecule has 14 heavy (non-hydrogen) atoms. The molecule has 0 bridgehead atoms. The molecule has 2 rings (SSSR count). The first-order valence-corrected chi connectivity index (χ1v) is 4.64. The van der Waals surface area contributed by atoms with Gasteiger partial charge < -0.3 is 0 Å². The van der Waals surface area contributed by atoms with E-state index in [2.05, 4.69) is 36.4 Å². The van der Waals surface area contributed by atoms with Gasteiger partial charge in [-0.05, 0) is 23.3 Å². The van der Waals surface area contributed by atoms with Crippen molar-refractivity contribution in [2.45, 2.75) is 0 Å². The first kappa shape index (κ1) is 8.76. The zero-order chi connectivity index (χ0) is 9.64. The largest absolute Gasteiger partial charge is 0.0622 e. The van der Waals surface area contributed by atoms with Crippen LogP contribution in [0.4, 0.5) is 0 Å². The lowest BCUT2D eigenvalue weighted by molar-refractivity contribution is 1.64. The smallest absolute Gasteiger partial charge is 0.0178 e. The molecule has 0 spiro atoms. The fourth-order valence-electron chi connectivity index (χ4n) is 1.27. The third-order valence-corrected chi connectivity index (χ3v) is 2.00. The van der Waals surface area contributed by atoms with E-state index in [1.807, 2.05) is 36.4 Å². The van der Waals surface area contributed by atoms with Crippen LogP contribution in [0.1, 0.15) is 11.1 Å². The van der Waals surface area contributed by atoms with Crippen LogP contribution in [0.2, 0.25) is 0 Å². The summed E-state index contributed by atoms with van der Waals surface area (Å²) in [5.41, 5.74) is 2.40. The third-order valence-electron chi connectivity index (χ3n) is 2.00. The van der Waals surface area contributed by atoms with Gasteiger partial charge in [-0.15, -0.1) is 0 Å². The lowest BCUT2D eigenvalue weighted by Crippen LogP contribution is -1.70. The zero-order valence-corrected chi connectivity index (χ0v) is 7.85. The Morgan fingerprint density at radius 3 is 2.21 bits per heavy atom. The number of hydrogen-bond acceptors (Lipinski definition) is 0. The molecule has 1 radical (unpaired) electrons. The van der Waals surface area contributed by atoms with Crippen LogP contribution in [-0.2, 0) is 0 Å². The van der Waals surface area contributed by atoms with Crippen molar-refractivity contribution in [3.63, 3.8) is 0 Å². The van der Waals surface area contributed by atoms with Gasteiger partial charge >= 0.3 is 0 Å². The van der Waals surface area contributed by atoms with Gasteiger partial charge in [0.25, 0.3) is 0 Å². The lowest BCUT2D eigenvalue weighted by atomic mass is 10.1. The molecule has 0 aliphatic heterocycles. The summed E-state index contributed by atoms with van der Waals surface area (Å²) in [5, 5.41) is 0. The minimum Gasteiger partial charge on any atom is -0.0622 e. The maximum atomic E-state index is 3.05. The molecule has 0 heteroatoms. The Labute approximate surface area is 84.5 Å². The van der Waals surface area contributed by atoms with E-state index >= 15 is 0 Å². The molecule has 0 fully saturated rings. The highest BCUT2D eigenvalue weighted by Crippen LogP contribution is 2.06. The number of hydrogen-bond donors (Lipinski definition) is 0. The van der Waals surface area contributed by atoms with Crippen molar-refractivity contribution in [1.29, 1.82) is 0 Å². The summed E-state index contributed by atoms with van der Waals surface area (Å²) in [6.07, 6.45) is 4.19. The summed E-state index contributed by atoms with van der Waals surface area (Å²) < 4.78 is 0. The second-order valence-electron chi connectivity index (χ2n) is 3.08. The van der Waals surface area contributed by atoms with E-state index in [0.717, 1.165) is 0 Å². The average molecular weight is 179 g/mol. The van der Waals surface area contributed by atoms with Crippen molar-refractivity contribution in [3.8, 4) is 0 Å². The molecule has 67 valence electrons. The van der Waals surface area contributed by atoms with Gasteiger partial charge in [-0.25, -0.2) is 0 Å². The highest BCUT2D eigenvalue weighted by atomic mass is 13.9. The highest BCUT2D eigenvalue weighted by molar-refractivity contribution is 5.69. The van der Waals surface area contributed by atoms with E-state index in [1.54, 1.807) is 0 Å². The lowest BCUT2D eigenvalue weighted by Gasteiger charge is -1.92. The molecule has 0 heterocycles. The van der Waals surface area contributed by atoms with Crippen LogP contribution in [0.3, 0.4) is 0 Å². The number of benzene rings is 2. The van der Waals surface area contributed by atoms with Gasteiger partial charge in [0.2, 0.25) is 0 Å². The minimum atomic E-state index is 1.18. The Hall–Kier alpha value is -1.82. The topological polar surface area (TPSA) is 0 Å². The van der Waals surface area contributed by atoms with Crippen molar-refractivity contribution in [1.82, 2.24) is 0 Å². The average Bonchev–Trinajstić information content (AvgIpc) is 2.29. The summed E-state index contributed by atoms with van der Waals surface area (Å²) in [6, 6.07) is 21.2. The molecule has 2 aromatic carbocycles. The molecule has 0 nitrogen and oxygen atoms in total. The summed E-state index contributed by atoms with van der Waals surface area (Å²) in [7, 11) is 0. The summed E-state index contributed by atoms with van der Waals surface area (Å²) in [5.74, 6) is 0. The van der Waals surface area contributed by atoms with Gasteiger partial charge in [0, 0.05) is 0 Å². The molecular formula is C14H11. The van der Waals surface area contributed by atoms with Crippen LogP contribution in [0.15, 0.2) is 54.6 Å². The van der Waals surface area contributed by atoms with Gasteiger partial charge in [-0.2, -0.15) is 0 Å². The van der Waals surface area contributed by atoms with Crippen LogP contribution >= 0.6 is 0 Å². The van der Waals surface area contributed by atoms with Gasteiger partial charge in [-0.1, -0.05) is 60.7 Å². The van der Waals surface area contributed by atoms with Crippen molar-refractivity contribution < 1.29 is 0 Å². The SMILES string of the molecule is [c]1cccc(/C=C/c2ccccc2)c1. The van der Waals surface area contributed by atoms with Gasteiger partial charge in [0.15, 0.2) is 0 Å². The van der Waals surface area contributed by atoms with E-state index in [-0.39, 0.29) is 0 Å². The predicted molar refractivity (Wildman–Crippen MR) is 60.6 cm³/mol. The molecule has 0 saturated carbocycles. The summed E-state index contributed by atoms with van der Waals surface area (Å²) in [6.45, 7) is 0. The van der Waals surface area contributed by atoms with Gasteiger partial charge in [0.1, 0.15) is 0 Å². The quantitative estimate of drug-likeness (QED) is 0.617. The van der Waals surface area contributed by atoms with Crippen molar-refractivity contribution in [2.75, 3.05) is 0 Å². The fraction of sp³-hybridized carbons (Fsp3) is 0. The maximum Gasteiger partial charge on any atom is -0.0178 e. The molecule has 0 unspecified atom stereocenters. The van der Waals surface area contributed by atoms with E-state index in [0.29, 0.717) is 0 Å². The second-order valence-corrected chi connectivity index (χ2v) is 3.08. The van der Waals surface area contributed by atoms with Crippen LogP contribution in [-0.4, -0.2) is 0 Å². The third kappa shape index (κ3) is 2.33. The van der Waals surface area contributed by atoms with Crippen molar-refractivity contribution in [3.05, 3.63) is 71.8 Å². The van der Waals surface area contributed by atoms with E-state index < -0.39 is 0 Å². The maximum absolute atomic E-state index is 3.05. The van der Waals surface area contributed by atoms with Crippen molar-refractivity contribution >= 4 is 12.2 Å². The summed E-state index contributed by atoms with van der Waals surface area (Å²) >= 11 is 0. The van der Waals surface area contributed by atoms with Gasteiger partial charge in [0.05, 0.1) is 0 Å². The Balaban J connectivity index is 2.16. The predicted octanol–water partition coefficient (Wildman–Crippen LogP) is 3.66. The Morgan fingerprint density at radius 2 is 1.50 bits per heavy atom. The molecule has 0 amide bonds. The highest BCUT2D eigenvalue weighted by Gasteiger charge is 1.84. The first-order valence-electron chi connectivity index (χ1n) is 4.64. The minimum absolute atomic E-state index is 1.18. The number of rotatable bonds is 2. The van der Waals surface area contributed by atoms with Crippen LogP contribution < -0.4 is 0 Å². The second kappa shape index (κ2) is 4.43. The normalized spacial score (nSPS) is 10.6. The van der Waals surface area contributed by atoms with E-state index in [1.165, 1.54) is 11.1 Å². The van der Waals surface area contributed by atoms with Crippen LogP contribution in [0.25, 0.3) is 12.2 Å². The van der Waals surface area contributed by atoms with Crippen LogP contribution in [0, 0.1) is 6.07 Å². The molecule has 0 N–H and O–H groups in total. The standard InChI is InChI=1S/C14H11/c1-3-7-13(8-4-1)11-12-14-9-5-2-6-10-14/h1-5,7-12H/b12-11+. The zero-order valence-electron chi connectivity index (χ0n) is 7.85. The molecule has 2 aromatic rings. The Morgan fingerprint density at radius 1 is 0.786 bits per heavy atom. The van der Waals surface area contributed by atoms with E-state index in [4.69, 9.17) is 0 Å². The Kier molecular flexibility index (Phi) is 2.77. The molecule has 0 aliphatic rings. The molecular weight excluding hydrogens is 168 g/mol. The fourth-order valence-corrected chi connectivity index (χ4v) is 1.27. The molecule has 0 aliphatic carbocycles. The van der Waals surface area contributed by atoms with Crippen molar-refractivity contribution in [2.24, 2.45) is 0 Å². The first-order chi connectivity index (χ1) is 6.95.